The average Bonchev–Trinajstić information content (AvgIpc) is 2.19. The lowest BCUT2D eigenvalue weighted by Crippen LogP contribution is -1.86. The van der Waals surface area contributed by atoms with Crippen LogP contribution in [0.3, 0.4) is 0 Å². The molecule has 2 rings (SSSR count). The third-order valence-corrected chi connectivity index (χ3v) is 1.60. The number of aromatic nitrogens is 1. The van der Waals surface area contributed by atoms with Crippen LogP contribution in [-0.2, 0) is 0 Å². The van der Waals surface area contributed by atoms with E-state index in [0.29, 0.717) is 11.5 Å². The molecule has 2 aromatic rings. The minimum atomic E-state index is -0.412. The molecule has 0 saturated heterocycles. The highest BCUT2D eigenvalue weighted by Gasteiger charge is 1.97. The summed E-state index contributed by atoms with van der Waals surface area (Å²) in [5.41, 5.74) is 0. The zero-order valence-corrected chi connectivity index (χ0v) is 7.27. The number of hydrogen-bond acceptors (Lipinski definition) is 2. The van der Waals surface area contributed by atoms with Gasteiger partial charge in [-0.15, -0.1) is 0 Å². The largest absolute Gasteiger partial charge is 0.456 e. The summed E-state index contributed by atoms with van der Waals surface area (Å²) in [7, 11) is 0. The van der Waals surface area contributed by atoms with Crippen LogP contribution in [0.2, 0.25) is 0 Å². The van der Waals surface area contributed by atoms with Crippen LogP contribution in [0.4, 0.5) is 4.39 Å². The van der Waals surface area contributed by atoms with E-state index in [9.17, 15) is 4.39 Å². The number of nitrogens with zero attached hydrogens (tertiary/aromatic N) is 1. The molecule has 0 fully saturated rings. The summed E-state index contributed by atoms with van der Waals surface area (Å²) in [6, 6.07) is 11.1. The molecular weight excluding hydrogens is 181 g/mol. The SMILES string of the molecule is Fc1cncc(Oc2cc[c]cc2)c1. The molecule has 0 saturated carbocycles. The van der Waals surface area contributed by atoms with Crippen LogP contribution >= 0.6 is 0 Å². The Morgan fingerprint density at radius 3 is 2.64 bits per heavy atom. The van der Waals surface area contributed by atoms with Crippen molar-refractivity contribution in [2.45, 2.75) is 0 Å². The maximum absolute atomic E-state index is 12.7. The van der Waals surface area contributed by atoms with E-state index in [1.165, 1.54) is 12.3 Å². The van der Waals surface area contributed by atoms with Crippen LogP contribution in [0.1, 0.15) is 0 Å². The summed E-state index contributed by atoms with van der Waals surface area (Å²) < 4.78 is 18.1. The average molecular weight is 188 g/mol. The van der Waals surface area contributed by atoms with Gasteiger partial charge in [-0.25, -0.2) is 4.39 Å². The van der Waals surface area contributed by atoms with Gasteiger partial charge in [-0.2, -0.15) is 0 Å². The summed E-state index contributed by atoms with van der Waals surface area (Å²) in [6.07, 6.45) is 2.59. The monoisotopic (exact) mass is 188 g/mol. The van der Waals surface area contributed by atoms with E-state index < -0.39 is 5.82 Å². The van der Waals surface area contributed by atoms with Crippen molar-refractivity contribution < 1.29 is 9.13 Å². The summed E-state index contributed by atoms with van der Waals surface area (Å²) in [5.74, 6) is 0.609. The van der Waals surface area contributed by atoms with Crippen LogP contribution in [0.25, 0.3) is 0 Å². The normalized spacial score (nSPS) is 9.79. The quantitative estimate of drug-likeness (QED) is 0.722. The second-order valence-electron chi connectivity index (χ2n) is 2.68. The van der Waals surface area contributed by atoms with E-state index in [4.69, 9.17) is 4.74 Å². The molecule has 0 atom stereocenters. The summed E-state index contributed by atoms with van der Waals surface area (Å²) in [5, 5.41) is 0. The topological polar surface area (TPSA) is 22.1 Å². The molecule has 0 aliphatic heterocycles. The van der Waals surface area contributed by atoms with Crippen molar-refractivity contribution >= 4 is 0 Å². The first-order valence-corrected chi connectivity index (χ1v) is 4.09. The molecular formula is C11H7FNO. The van der Waals surface area contributed by atoms with Gasteiger partial charge in [-0.1, -0.05) is 12.1 Å². The van der Waals surface area contributed by atoms with Crippen molar-refractivity contribution in [3.63, 3.8) is 0 Å². The van der Waals surface area contributed by atoms with Crippen molar-refractivity contribution in [3.8, 4) is 11.5 Å². The first-order chi connectivity index (χ1) is 6.84. The van der Waals surface area contributed by atoms with Crippen LogP contribution in [-0.4, -0.2) is 4.98 Å². The number of ether oxygens (including phenoxy) is 1. The number of halogens is 1. The standard InChI is InChI=1S/C11H7FNO/c12-9-6-11(8-13-7-9)14-10-4-2-1-3-5-10/h2-8H. The Bertz CT molecular complexity index is 417. The number of pyridine rings is 1. The number of rotatable bonds is 2. The summed E-state index contributed by atoms with van der Waals surface area (Å²) in [4.78, 5) is 3.67. The lowest BCUT2D eigenvalue weighted by atomic mass is 10.3. The Labute approximate surface area is 81.0 Å². The van der Waals surface area contributed by atoms with Crippen molar-refractivity contribution in [1.82, 2.24) is 4.98 Å². The van der Waals surface area contributed by atoms with Crippen LogP contribution in [0.15, 0.2) is 42.7 Å². The fourth-order valence-electron chi connectivity index (χ4n) is 1.02. The van der Waals surface area contributed by atoms with Crippen molar-refractivity contribution in [3.05, 3.63) is 54.6 Å². The van der Waals surface area contributed by atoms with E-state index in [1.807, 2.05) is 0 Å². The molecule has 1 aromatic heterocycles. The minimum Gasteiger partial charge on any atom is -0.456 e. The molecule has 1 heterocycles. The maximum Gasteiger partial charge on any atom is 0.148 e. The van der Waals surface area contributed by atoms with E-state index in [0.717, 1.165) is 6.20 Å². The van der Waals surface area contributed by atoms with E-state index >= 15 is 0 Å². The van der Waals surface area contributed by atoms with Gasteiger partial charge in [0.1, 0.15) is 17.3 Å². The van der Waals surface area contributed by atoms with Crippen molar-refractivity contribution in [1.29, 1.82) is 0 Å². The smallest absolute Gasteiger partial charge is 0.148 e. The van der Waals surface area contributed by atoms with Gasteiger partial charge in [0, 0.05) is 6.07 Å². The van der Waals surface area contributed by atoms with Gasteiger partial charge in [0.05, 0.1) is 12.4 Å². The first kappa shape index (κ1) is 8.69. The minimum absolute atomic E-state index is 0.385. The fourth-order valence-corrected chi connectivity index (χ4v) is 1.02. The molecule has 14 heavy (non-hydrogen) atoms. The molecule has 2 nitrogen and oxygen atoms in total. The molecule has 0 amide bonds. The lowest BCUT2D eigenvalue weighted by molar-refractivity contribution is 0.473. The summed E-state index contributed by atoms with van der Waals surface area (Å²) in [6.45, 7) is 0. The molecule has 3 heteroatoms. The highest BCUT2D eigenvalue weighted by molar-refractivity contribution is 5.28. The number of benzene rings is 1. The van der Waals surface area contributed by atoms with Gasteiger partial charge in [0.25, 0.3) is 0 Å². The molecule has 1 aromatic carbocycles. The number of hydrogen-bond donors (Lipinski definition) is 0. The highest BCUT2D eigenvalue weighted by atomic mass is 19.1. The third kappa shape index (κ3) is 2.07. The third-order valence-electron chi connectivity index (χ3n) is 1.60. The highest BCUT2D eigenvalue weighted by Crippen LogP contribution is 2.19. The molecule has 1 radical (unpaired) electrons. The predicted octanol–water partition coefficient (Wildman–Crippen LogP) is 2.81. The van der Waals surface area contributed by atoms with Gasteiger partial charge < -0.3 is 4.74 Å². The van der Waals surface area contributed by atoms with E-state index in [2.05, 4.69) is 11.1 Å². The second-order valence-corrected chi connectivity index (χ2v) is 2.68. The van der Waals surface area contributed by atoms with E-state index in [1.54, 1.807) is 24.3 Å². The molecule has 0 aliphatic carbocycles. The predicted molar refractivity (Wildman–Crippen MR) is 49.5 cm³/mol. The van der Waals surface area contributed by atoms with Crippen molar-refractivity contribution in [2.75, 3.05) is 0 Å². The Hall–Kier alpha value is -1.90. The molecule has 0 aliphatic rings. The Morgan fingerprint density at radius 1 is 1.14 bits per heavy atom. The lowest BCUT2D eigenvalue weighted by Gasteiger charge is -2.03. The Morgan fingerprint density at radius 2 is 1.93 bits per heavy atom. The van der Waals surface area contributed by atoms with E-state index in [-0.39, 0.29) is 0 Å². The molecule has 69 valence electrons. The first-order valence-electron chi connectivity index (χ1n) is 4.09. The zero-order chi connectivity index (χ0) is 9.80. The molecule has 0 spiro atoms. The zero-order valence-electron chi connectivity index (χ0n) is 7.27. The fraction of sp³-hybridized carbons (Fsp3) is 0. The van der Waals surface area contributed by atoms with Gasteiger partial charge in [-0.05, 0) is 18.2 Å². The van der Waals surface area contributed by atoms with Gasteiger partial charge in [0.15, 0.2) is 0 Å². The van der Waals surface area contributed by atoms with Gasteiger partial charge >= 0.3 is 0 Å². The Balaban J connectivity index is 2.19. The van der Waals surface area contributed by atoms with Gasteiger partial charge in [-0.3, -0.25) is 4.98 Å². The molecule has 0 unspecified atom stereocenters. The summed E-state index contributed by atoms with van der Waals surface area (Å²) >= 11 is 0. The van der Waals surface area contributed by atoms with Crippen molar-refractivity contribution in [2.24, 2.45) is 0 Å². The van der Waals surface area contributed by atoms with Crippen LogP contribution in [0.5, 0.6) is 11.5 Å². The second kappa shape index (κ2) is 3.87. The van der Waals surface area contributed by atoms with Crippen LogP contribution in [0, 0.1) is 11.9 Å². The van der Waals surface area contributed by atoms with Crippen LogP contribution < -0.4 is 4.74 Å². The molecule has 0 bridgehead atoms. The van der Waals surface area contributed by atoms with Gasteiger partial charge in [0.2, 0.25) is 0 Å². The maximum atomic E-state index is 12.7. The Kier molecular flexibility index (Phi) is 2.40. The molecule has 0 N–H and O–H groups in total.